The monoisotopic (exact) mass is 378 g/mol. The molecule has 28 heavy (non-hydrogen) atoms. The fraction of sp³-hybridized carbons (Fsp3) is 0.417. The van der Waals surface area contributed by atoms with Gasteiger partial charge < -0.3 is 10.2 Å². The minimum absolute atomic E-state index is 0.0451. The van der Waals surface area contributed by atoms with Gasteiger partial charge in [0, 0.05) is 12.7 Å². The molecule has 0 heterocycles. The average Bonchev–Trinajstić information content (AvgIpc) is 3.15. The molecule has 0 radical (unpaired) electrons. The second-order valence-corrected chi connectivity index (χ2v) is 8.14. The van der Waals surface area contributed by atoms with E-state index in [-0.39, 0.29) is 18.4 Å². The van der Waals surface area contributed by atoms with E-state index < -0.39 is 5.41 Å². The second-order valence-electron chi connectivity index (χ2n) is 8.14. The van der Waals surface area contributed by atoms with Crippen molar-refractivity contribution in [1.82, 2.24) is 4.90 Å². The van der Waals surface area contributed by atoms with E-state index in [0.29, 0.717) is 0 Å². The Kier molecular flexibility index (Phi) is 5.87. The molecule has 0 aliphatic heterocycles. The summed E-state index contributed by atoms with van der Waals surface area (Å²) in [5.41, 5.74) is 4.66. The third-order valence-electron chi connectivity index (χ3n) is 5.86. The molecule has 148 valence electrons. The molecule has 1 saturated carbocycles. The Bertz CT molecular complexity index is 844. The molecule has 1 aliphatic carbocycles. The van der Waals surface area contributed by atoms with Crippen molar-refractivity contribution in [2.75, 3.05) is 18.9 Å². The Morgan fingerprint density at radius 3 is 2.14 bits per heavy atom. The molecule has 0 atom stereocenters. The van der Waals surface area contributed by atoms with Gasteiger partial charge in [0.1, 0.15) is 0 Å². The average molecular weight is 379 g/mol. The highest BCUT2D eigenvalue weighted by atomic mass is 16.2. The summed E-state index contributed by atoms with van der Waals surface area (Å²) in [7, 11) is 1.74. The van der Waals surface area contributed by atoms with E-state index in [1.54, 1.807) is 11.9 Å². The first-order valence-electron chi connectivity index (χ1n) is 10.0. The molecule has 0 aromatic heterocycles. The number of anilines is 1. The quantitative estimate of drug-likeness (QED) is 0.831. The molecule has 1 N–H and O–H groups in total. The second kappa shape index (κ2) is 8.17. The summed E-state index contributed by atoms with van der Waals surface area (Å²) < 4.78 is 0. The van der Waals surface area contributed by atoms with E-state index in [1.807, 2.05) is 51.1 Å². The number of hydrogen-bond donors (Lipinski definition) is 1. The first-order valence-corrected chi connectivity index (χ1v) is 10.0. The van der Waals surface area contributed by atoms with Gasteiger partial charge in [0.05, 0.1) is 12.0 Å². The highest BCUT2D eigenvalue weighted by Gasteiger charge is 2.44. The minimum atomic E-state index is -0.494. The summed E-state index contributed by atoms with van der Waals surface area (Å²) in [6.07, 6.45) is 3.78. The third kappa shape index (κ3) is 3.96. The van der Waals surface area contributed by atoms with Gasteiger partial charge in [0.25, 0.3) is 0 Å². The van der Waals surface area contributed by atoms with Crippen LogP contribution in [0, 0.1) is 20.8 Å². The van der Waals surface area contributed by atoms with Gasteiger partial charge in [-0.15, -0.1) is 0 Å². The molecule has 0 saturated heterocycles. The fourth-order valence-corrected chi connectivity index (χ4v) is 4.57. The number of amides is 2. The zero-order chi connectivity index (χ0) is 20.3. The highest BCUT2D eigenvalue weighted by molar-refractivity contribution is 5.97. The van der Waals surface area contributed by atoms with Crippen LogP contribution in [-0.4, -0.2) is 30.3 Å². The largest absolute Gasteiger partial charge is 0.336 e. The Morgan fingerprint density at radius 2 is 1.57 bits per heavy atom. The molecule has 2 amide bonds. The van der Waals surface area contributed by atoms with Crippen molar-refractivity contribution < 1.29 is 9.59 Å². The topological polar surface area (TPSA) is 49.4 Å². The molecular weight excluding hydrogens is 348 g/mol. The summed E-state index contributed by atoms with van der Waals surface area (Å²) >= 11 is 0. The smallest absolute Gasteiger partial charge is 0.243 e. The molecule has 4 nitrogen and oxygen atoms in total. The molecule has 0 bridgehead atoms. The van der Waals surface area contributed by atoms with Gasteiger partial charge in [-0.05, 0) is 50.3 Å². The van der Waals surface area contributed by atoms with Gasteiger partial charge >= 0.3 is 0 Å². The van der Waals surface area contributed by atoms with Crippen LogP contribution in [0.3, 0.4) is 0 Å². The Hall–Kier alpha value is -2.62. The number of carbonyl (C=O) groups excluding carboxylic acids is 2. The summed E-state index contributed by atoms with van der Waals surface area (Å²) in [6, 6.07) is 14.1. The van der Waals surface area contributed by atoms with E-state index in [2.05, 4.69) is 17.4 Å². The van der Waals surface area contributed by atoms with E-state index in [0.717, 1.165) is 48.1 Å². The third-order valence-corrected chi connectivity index (χ3v) is 5.86. The number of hydrogen-bond acceptors (Lipinski definition) is 2. The lowest BCUT2D eigenvalue weighted by Gasteiger charge is -2.32. The van der Waals surface area contributed by atoms with Crippen LogP contribution in [0.1, 0.15) is 47.9 Å². The van der Waals surface area contributed by atoms with Gasteiger partial charge in [-0.25, -0.2) is 0 Å². The van der Waals surface area contributed by atoms with Crippen molar-refractivity contribution in [3.05, 3.63) is 64.7 Å². The highest BCUT2D eigenvalue weighted by Crippen LogP contribution is 2.42. The number of carbonyl (C=O) groups is 2. The van der Waals surface area contributed by atoms with Crippen LogP contribution in [0.25, 0.3) is 0 Å². The standard InChI is InChI=1S/C24H30N2O2/c1-17-14-18(2)22(19(3)15-17)25-21(27)16-26(4)23(28)24(12-8-9-13-24)20-10-6-5-7-11-20/h5-7,10-11,14-15H,8-9,12-13,16H2,1-4H3,(H,25,27). The lowest BCUT2D eigenvalue weighted by molar-refractivity contribution is -0.138. The molecule has 1 fully saturated rings. The van der Waals surface area contributed by atoms with Gasteiger partial charge in [0.2, 0.25) is 11.8 Å². The maximum atomic E-state index is 13.4. The van der Waals surface area contributed by atoms with E-state index >= 15 is 0 Å². The summed E-state index contributed by atoms with van der Waals surface area (Å²) in [4.78, 5) is 27.6. The maximum Gasteiger partial charge on any atom is 0.243 e. The van der Waals surface area contributed by atoms with Crippen LogP contribution in [0.2, 0.25) is 0 Å². The molecular formula is C24H30N2O2. The fourth-order valence-electron chi connectivity index (χ4n) is 4.57. The van der Waals surface area contributed by atoms with Gasteiger partial charge in [-0.3, -0.25) is 9.59 Å². The summed E-state index contributed by atoms with van der Waals surface area (Å²) in [5, 5.41) is 3.00. The predicted molar refractivity (Wildman–Crippen MR) is 114 cm³/mol. The Labute approximate surface area is 167 Å². The summed E-state index contributed by atoms with van der Waals surface area (Å²) in [5.74, 6) is -0.115. The minimum Gasteiger partial charge on any atom is -0.336 e. The van der Waals surface area contributed by atoms with Gasteiger partial charge in [-0.1, -0.05) is 60.9 Å². The normalized spacial score (nSPS) is 15.3. The lowest BCUT2D eigenvalue weighted by atomic mass is 9.77. The van der Waals surface area contributed by atoms with E-state index in [9.17, 15) is 9.59 Å². The van der Waals surface area contributed by atoms with Crippen molar-refractivity contribution in [1.29, 1.82) is 0 Å². The Balaban J connectivity index is 1.74. The molecule has 4 heteroatoms. The van der Waals surface area contributed by atoms with Gasteiger partial charge in [-0.2, -0.15) is 0 Å². The van der Waals surface area contributed by atoms with Crippen molar-refractivity contribution in [2.45, 2.75) is 51.9 Å². The Morgan fingerprint density at radius 1 is 1.00 bits per heavy atom. The lowest BCUT2D eigenvalue weighted by Crippen LogP contribution is -2.46. The first-order chi connectivity index (χ1) is 13.3. The molecule has 2 aromatic carbocycles. The van der Waals surface area contributed by atoms with Crippen molar-refractivity contribution in [3.8, 4) is 0 Å². The van der Waals surface area contributed by atoms with Crippen LogP contribution in [0.15, 0.2) is 42.5 Å². The van der Waals surface area contributed by atoms with Crippen LogP contribution < -0.4 is 5.32 Å². The SMILES string of the molecule is Cc1cc(C)c(NC(=O)CN(C)C(=O)C2(c3ccccc3)CCCC2)c(C)c1. The number of nitrogens with zero attached hydrogens (tertiary/aromatic N) is 1. The first kappa shape index (κ1) is 20.1. The predicted octanol–water partition coefficient (Wildman–Crippen LogP) is 4.52. The maximum absolute atomic E-state index is 13.4. The van der Waals surface area contributed by atoms with Crippen molar-refractivity contribution in [2.24, 2.45) is 0 Å². The molecule has 2 aromatic rings. The van der Waals surface area contributed by atoms with Crippen LogP contribution in [0.5, 0.6) is 0 Å². The molecule has 0 spiro atoms. The number of nitrogens with one attached hydrogen (secondary N) is 1. The number of benzene rings is 2. The number of likely N-dealkylation sites (N-methyl/N-ethyl adjacent to an activating group) is 1. The molecule has 1 aliphatic rings. The van der Waals surface area contributed by atoms with E-state index in [1.165, 1.54) is 5.56 Å². The zero-order valence-electron chi connectivity index (χ0n) is 17.3. The van der Waals surface area contributed by atoms with Crippen LogP contribution in [0.4, 0.5) is 5.69 Å². The van der Waals surface area contributed by atoms with Gasteiger partial charge in [0.15, 0.2) is 0 Å². The van der Waals surface area contributed by atoms with Crippen molar-refractivity contribution in [3.63, 3.8) is 0 Å². The zero-order valence-corrected chi connectivity index (χ0v) is 17.3. The molecule has 3 rings (SSSR count). The van der Waals surface area contributed by atoms with E-state index in [4.69, 9.17) is 0 Å². The van der Waals surface area contributed by atoms with Crippen molar-refractivity contribution >= 4 is 17.5 Å². The van der Waals surface area contributed by atoms with Crippen LogP contribution >= 0.6 is 0 Å². The number of rotatable bonds is 5. The summed E-state index contributed by atoms with van der Waals surface area (Å²) in [6.45, 7) is 6.09. The van der Waals surface area contributed by atoms with Crippen LogP contribution in [-0.2, 0) is 15.0 Å². The number of aryl methyl sites for hydroxylation is 3. The molecule has 0 unspecified atom stereocenters.